The first kappa shape index (κ1) is 21.9. The summed E-state index contributed by atoms with van der Waals surface area (Å²) in [5, 5.41) is 17.8. The number of allylic oxidation sites excluding steroid dienone is 3. The van der Waals surface area contributed by atoms with Crippen molar-refractivity contribution in [2.75, 3.05) is 27.4 Å². The number of hydrogen-bond acceptors (Lipinski definition) is 6. The average molecular weight is 388 g/mol. The van der Waals surface area contributed by atoms with Gasteiger partial charge in [0, 0.05) is 17.7 Å². The summed E-state index contributed by atoms with van der Waals surface area (Å²) in [6.45, 7) is 0.0988. The van der Waals surface area contributed by atoms with Crippen molar-refractivity contribution in [1.29, 1.82) is 0 Å². The second-order valence-electron chi connectivity index (χ2n) is 6.64. The van der Waals surface area contributed by atoms with E-state index in [-0.39, 0.29) is 41.7 Å². The molecule has 0 fully saturated rings. The number of benzene rings is 1. The Labute approximate surface area is 165 Å². The Hall–Kier alpha value is -2.44. The number of rotatable bonds is 11. The Bertz CT molecular complexity index is 775. The summed E-state index contributed by atoms with van der Waals surface area (Å²) < 4.78 is 10.7. The van der Waals surface area contributed by atoms with Crippen molar-refractivity contribution >= 4 is 11.6 Å². The molecule has 0 saturated carbocycles. The first-order valence-corrected chi connectivity index (χ1v) is 9.53. The Morgan fingerprint density at radius 3 is 2.32 bits per heavy atom. The van der Waals surface area contributed by atoms with Crippen LogP contribution >= 0.6 is 0 Å². The molecule has 0 saturated heterocycles. The van der Waals surface area contributed by atoms with Gasteiger partial charge in [-0.2, -0.15) is 0 Å². The third-order valence-corrected chi connectivity index (χ3v) is 4.77. The summed E-state index contributed by atoms with van der Waals surface area (Å²) in [6.07, 6.45) is 7.57. The smallest absolute Gasteiger partial charge is 0.228 e. The van der Waals surface area contributed by atoms with Gasteiger partial charge in [0.2, 0.25) is 5.78 Å². The van der Waals surface area contributed by atoms with E-state index >= 15 is 0 Å². The van der Waals surface area contributed by atoms with Crippen LogP contribution in [0.1, 0.15) is 58.4 Å². The summed E-state index contributed by atoms with van der Waals surface area (Å²) in [6, 6.07) is 3.44. The van der Waals surface area contributed by atoms with Gasteiger partial charge in [0.15, 0.2) is 11.5 Å². The first-order chi connectivity index (χ1) is 13.6. The van der Waals surface area contributed by atoms with Gasteiger partial charge in [0.25, 0.3) is 0 Å². The fourth-order valence-corrected chi connectivity index (χ4v) is 3.38. The Morgan fingerprint density at radius 2 is 1.68 bits per heavy atom. The minimum Gasteiger partial charge on any atom is -0.496 e. The van der Waals surface area contributed by atoms with E-state index in [2.05, 4.69) is 0 Å². The second kappa shape index (κ2) is 10.8. The number of aliphatic hydroxyl groups is 2. The maximum absolute atomic E-state index is 13.1. The van der Waals surface area contributed by atoms with E-state index in [0.29, 0.717) is 24.2 Å². The molecule has 6 nitrogen and oxygen atoms in total. The third-order valence-electron chi connectivity index (χ3n) is 4.77. The lowest BCUT2D eigenvalue weighted by molar-refractivity contribution is 0.0900. The molecule has 0 heterocycles. The molecule has 28 heavy (non-hydrogen) atoms. The molecule has 0 bridgehead atoms. The zero-order chi connectivity index (χ0) is 20.5. The number of ketones is 2. The minimum absolute atomic E-state index is 0.0578. The molecular formula is C22H28O6. The van der Waals surface area contributed by atoms with Crippen molar-refractivity contribution in [1.82, 2.24) is 0 Å². The van der Waals surface area contributed by atoms with Crippen LogP contribution in [0.25, 0.3) is 0 Å². The van der Waals surface area contributed by atoms with Gasteiger partial charge in [-0.3, -0.25) is 9.59 Å². The van der Waals surface area contributed by atoms with Crippen molar-refractivity contribution in [2.45, 2.75) is 38.5 Å². The highest BCUT2D eigenvalue weighted by Gasteiger charge is 2.35. The van der Waals surface area contributed by atoms with Crippen LogP contribution in [-0.2, 0) is 11.2 Å². The molecule has 0 amide bonds. The number of methoxy groups -OCH3 is 2. The Kier molecular flexibility index (Phi) is 8.42. The molecule has 0 spiro atoms. The van der Waals surface area contributed by atoms with Crippen LogP contribution < -0.4 is 4.74 Å². The molecular weight excluding hydrogens is 360 g/mol. The highest BCUT2D eigenvalue weighted by atomic mass is 16.5. The van der Waals surface area contributed by atoms with Gasteiger partial charge in [0.1, 0.15) is 5.75 Å². The fraction of sp³-hybridized carbons (Fsp3) is 0.455. The van der Waals surface area contributed by atoms with E-state index < -0.39 is 0 Å². The van der Waals surface area contributed by atoms with Gasteiger partial charge in [-0.1, -0.05) is 25.0 Å². The van der Waals surface area contributed by atoms with E-state index in [4.69, 9.17) is 19.7 Å². The number of aliphatic hydroxyl groups excluding tert-OH is 2. The summed E-state index contributed by atoms with van der Waals surface area (Å²) in [7, 11) is 2.88. The van der Waals surface area contributed by atoms with Gasteiger partial charge >= 0.3 is 0 Å². The molecule has 152 valence electrons. The molecule has 1 aromatic rings. The van der Waals surface area contributed by atoms with Gasteiger partial charge in [-0.15, -0.1) is 0 Å². The average Bonchev–Trinajstić information content (AvgIpc) is 2.70. The molecule has 0 atom stereocenters. The second-order valence-corrected chi connectivity index (χ2v) is 6.64. The molecule has 2 N–H and O–H groups in total. The molecule has 0 radical (unpaired) electrons. The standard InChI is InChI=1S/C22H28O6/c1-27-18-14-15(9-6-8-12-24)13-17-19(18)20(25)16(22(28-2)21(17)26)10-5-3-4-7-11-23/h6,8,13-14,23-24H,3-5,7,9-12H2,1-2H3/b8-6+. The number of fused-ring (bicyclic) bond motifs is 1. The number of Topliss-reactive ketones (excluding diaryl/α,β-unsaturated/α-hetero) is 2. The normalized spacial score (nSPS) is 14.0. The van der Waals surface area contributed by atoms with E-state index in [1.54, 1.807) is 24.3 Å². The fourth-order valence-electron chi connectivity index (χ4n) is 3.38. The van der Waals surface area contributed by atoms with Crippen molar-refractivity contribution in [3.05, 3.63) is 52.3 Å². The molecule has 0 aromatic heterocycles. The van der Waals surface area contributed by atoms with Crippen molar-refractivity contribution in [3.63, 3.8) is 0 Å². The van der Waals surface area contributed by atoms with E-state index in [1.807, 2.05) is 0 Å². The van der Waals surface area contributed by atoms with Crippen LogP contribution in [0, 0.1) is 0 Å². The van der Waals surface area contributed by atoms with Crippen LogP contribution in [-0.4, -0.2) is 49.2 Å². The van der Waals surface area contributed by atoms with E-state index in [1.165, 1.54) is 14.2 Å². The number of hydrogen-bond donors (Lipinski definition) is 2. The van der Waals surface area contributed by atoms with Crippen LogP contribution in [0.2, 0.25) is 0 Å². The summed E-state index contributed by atoms with van der Waals surface area (Å²) in [5.74, 6) is -0.0717. The molecule has 0 aliphatic heterocycles. The summed E-state index contributed by atoms with van der Waals surface area (Å²) >= 11 is 0. The van der Waals surface area contributed by atoms with Crippen molar-refractivity contribution in [2.24, 2.45) is 0 Å². The number of carbonyl (C=O) groups is 2. The maximum atomic E-state index is 13.1. The highest BCUT2D eigenvalue weighted by molar-refractivity contribution is 6.27. The van der Waals surface area contributed by atoms with E-state index in [0.717, 1.165) is 31.2 Å². The van der Waals surface area contributed by atoms with Gasteiger partial charge in [-0.25, -0.2) is 0 Å². The zero-order valence-corrected chi connectivity index (χ0v) is 16.5. The predicted molar refractivity (Wildman–Crippen MR) is 106 cm³/mol. The number of unbranched alkanes of at least 4 members (excludes halogenated alkanes) is 3. The topological polar surface area (TPSA) is 93.1 Å². The predicted octanol–water partition coefficient (Wildman–Crippen LogP) is 3.01. The first-order valence-electron chi connectivity index (χ1n) is 9.53. The molecule has 2 rings (SSSR count). The van der Waals surface area contributed by atoms with Crippen LogP contribution in [0.5, 0.6) is 5.75 Å². The molecule has 1 aliphatic carbocycles. The van der Waals surface area contributed by atoms with Crippen LogP contribution in [0.4, 0.5) is 0 Å². The minimum atomic E-state index is -0.311. The SMILES string of the molecule is COC1=C(CCCCCCO)C(=O)c2c(OC)cc(C/C=C/CO)cc2C1=O. The lowest BCUT2D eigenvalue weighted by Gasteiger charge is -2.22. The van der Waals surface area contributed by atoms with Crippen molar-refractivity contribution in [3.8, 4) is 5.75 Å². The Balaban J connectivity index is 2.36. The molecule has 1 aliphatic rings. The summed E-state index contributed by atoms with van der Waals surface area (Å²) in [4.78, 5) is 26.2. The quantitative estimate of drug-likeness (QED) is 0.447. The highest BCUT2D eigenvalue weighted by Crippen LogP contribution is 2.36. The third kappa shape index (κ3) is 4.88. The van der Waals surface area contributed by atoms with Gasteiger partial charge in [0.05, 0.1) is 26.4 Å². The number of carbonyl (C=O) groups excluding carboxylic acids is 2. The van der Waals surface area contributed by atoms with E-state index in [9.17, 15) is 9.59 Å². The van der Waals surface area contributed by atoms with Crippen molar-refractivity contribution < 1.29 is 29.3 Å². The molecule has 0 unspecified atom stereocenters. The largest absolute Gasteiger partial charge is 0.496 e. The van der Waals surface area contributed by atoms with Gasteiger partial charge < -0.3 is 19.7 Å². The maximum Gasteiger partial charge on any atom is 0.228 e. The molecule has 1 aromatic carbocycles. The molecule has 6 heteroatoms. The number of ether oxygens (including phenoxy) is 2. The summed E-state index contributed by atoms with van der Waals surface area (Å²) in [5.41, 5.74) is 1.77. The lowest BCUT2D eigenvalue weighted by atomic mass is 9.84. The monoisotopic (exact) mass is 388 g/mol. The Morgan fingerprint density at radius 1 is 0.929 bits per heavy atom. The van der Waals surface area contributed by atoms with Gasteiger partial charge in [-0.05, 0) is 43.4 Å². The lowest BCUT2D eigenvalue weighted by Crippen LogP contribution is -2.24. The van der Waals surface area contributed by atoms with Crippen LogP contribution in [0.3, 0.4) is 0 Å². The zero-order valence-electron chi connectivity index (χ0n) is 16.5. The van der Waals surface area contributed by atoms with Crippen LogP contribution in [0.15, 0.2) is 35.6 Å².